The zero-order chi connectivity index (χ0) is 21.3. The maximum atomic E-state index is 2.53. The highest BCUT2D eigenvalue weighted by molar-refractivity contribution is 5.85. The Morgan fingerprint density at radius 2 is 0.533 bits per heavy atom. The fraction of sp³-hybridized carbons (Fsp3) is 1.00. The molecule has 0 atom stereocenters. The van der Waals surface area contributed by atoms with Crippen LogP contribution in [0.25, 0.3) is 0 Å². The second-order valence-corrected chi connectivity index (χ2v) is 9.73. The lowest BCUT2D eigenvalue weighted by Crippen LogP contribution is -2.20. The van der Waals surface area contributed by atoms with Crippen LogP contribution in [0.2, 0.25) is 0 Å². The van der Waals surface area contributed by atoms with Gasteiger partial charge in [0.25, 0.3) is 0 Å². The fourth-order valence-electron chi connectivity index (χ4n) is 4.38. The average Bonchev–Trinajstić information content (AvgIpc) is 2.72. The van der Waals surface area contributed by atoms with E-state index in [0.29, 0.717) is 0 Å². The van der Waals surface area contributed by atoms with Crippen LogP contribution in [0.15, 0.2) is 0 Å². The van der Waals surface area contributed by atoms with E-state index in [-0.39, 0.29) is 12.4 Å². The Balaban J connectivity index is 0. The summed E-state index contributed by atoms with van der Waals surface area (Å²) in [7, 11) is 2.30. The minimum Gasteiger partial charge on any atom is -0.306 e. The number of hydrogen-bond acceptors (Lipinski definition) is 1. The van der Waals surface area contributed by atoms with Crippen LogP contribution in [0.4, 0.5) is 0 Å². The molecule has 0 aliphatic carbocycles. The minimum absolute atomic E-state index is 0. The highest BCUT2D eigenvalue weighted by atomic mass is 35.5. The maximum absolute atomic E-state index is 2.53. The third kappa shape index (κ3) is 28.2. The van der Waals surface area contributed by atoms with Crippen molar-refractivity contribution in [3.05, 3.63) is 0 Å². The molecule has 0 saturated heterocycles. The summed E-state index contributed by atoms with van der Waals surface area (Å²) in [4.78, 5) is 2.53. The molecular weight excluding hydrogens is 386 g/mol. The molecule has 0 spiro atoms. The van der Waals surface area contributed by atoms with E-state index >= 15 is 0 Å². The number of unbranched alkanes of at least 4 members (excludes halogenated alkanes) is 21. The van der Waals surface area contributed by atoms with Crippen molar-refractivity contribution in [2.45, 2.75) is 162 Å². The average molecular weight is 446 g/mol. The Bertz CT molecular complexity index is 282. The van der Waals surface area contributed by atoms with Crippen molar-refractivity contribution in [3.63, 3.8) is 0 Å². The van der Waals surface area contributed by atoms with Crippen molar-refractivity contribution in [3.8, 4) is 0 Å². The van der Waals surface area contributed by atoms with E-state index in [4.69, 9.17) is 0 Å². The fourth-order valence-corrected chi connectivity index (χ4v) is 4.38. The van der Waals surface area contributed by atoms with Crippen LogP contribution < -0.4 is 0 Å². The first-order valence-electron chi connectivity index (χ1n) is 14.0. The largest absolute Gasteiger partial charge is 0.306 e. The maximum Gasteiger partial charge on any atom is -0.00218 e. The van der Waals surface area contributed by atoms with Gasteiger partial charge in [-0.3, -0.25) is 0 Å². The Morgan fingerprint density at radius 3 is 0.833 bits per heavy atom. The lowest BCUT2D eigenvalue weighted by molar-refractivity contribution is 0.315. The second-order valence-electron chi connectivity index (χ2n) is 9.73. The van der Waals surface area contributed by atoms with Gasteiger partial charge in [-0.05, 0) is 33.0 Å². The topological polar surface area (TPSA) is 3.24 Å². The standard InChI is InChI=1S/C28H59N.ClH/c1-4-6-8-9-10-11-12-13-14-15-16-17-18-19-20-21-22-23-24-26-28-29(3)27-25-7-5-2;/h4-28H2,1-3H3;1H. The number of halogens is 1. The van der Waals surface area contributed by atoms with E-state index in [1.54, 1.807) is 0 Å². The molecule has 0 amide bonds. The zero-order valence-electron chi connectivity index (χ0n) is 21.5. The van der Waals surface area contributed by atoms with Crippen molar-refractivity contribution in [1.82, 2.24) is 4.90 Å². The van der Waals surface area contributed by atoms with Gasteiger partial charge < -0.3 is 4.90 Å². The molecule has 0 rings (SSSR count). The van der Waals surface area contributed by atoms with E-state index in [9.17, 15) is 0 Å². The van der Waals surface area contributed by atoms with Crippen molar-refractivity contribution in [1.29, 1.82) is 0 Å². The predicted molar refractivity (Wildman–Crippen MR) is 142 cm³/mol. The number of hydrogen-bond donors (Lipinski definition) is 0. The molecule has 0 N–H and O–H groups in total. The minimum atomic E-state index is 0. The Kier molecular flexibility index (Phi) is 31.6. The van der Waals surface area contributed by atoms with Gasteiger partial charge in [-0.2, -0.15) is 0 Å². The summed E-state index contributed by atoms with van der Waals surface area (Å²) < 4.78 is 0. The van der Waals surface area contributed by atoms with Crippen molar-refractivity contribution in [2.24, 2.45) is 0 Å². The van der Waals surface area contributed by atoms with Gasteiger partial charge >= 0.3 is 0 Å². The van der Waals surface area contributed by atoms with Gasteiger partial charge in [0.15, 0.2) is 0 Å². The third-order valence-electron chi connectivity index (χ3n) is 6.54. The molecule has 30 heavy (non-hydrogen) atoms. The van der Waals surface area contributed by atoms with Crippen LogP contribution in [0.5, 0.6) is 0 Å². The van der Waals surface area contributed by atoms with Crippen LogP contribution in [0.3, 0.4) is 0 Å². The Labute approximate surface area is 199 Å². The van der Waals surface area contributed by atoms with Crippen LogP contribution in [0, 0.1) is 0 Å². The van der Waals surface area contributed by atoms with E-state index in [0.717, 1.165) is 0 Å². The Morgan fingerprint density at radius 1 is 0.333 bits per heavy atom. The molecule has 1 nitrogen and oxygen atoms in total. The van der Waals surface area contributed by atoms with Crippen LogP contribution in [-0.4, -0.2) is 25.0 Å². The summed E-state index contributed by atoms with van der Waals surface area (Å²) in [5.41, 5.74) is 0. The molecule has 2 heteroatoms. The monoisotopic (exact) mass is 445 g/mol. The Hall–Kier alpha value is 0.250. The molecule has 0 aromatic heterocycles. The van der Waals surface area contributed by atoms with Crippen LogP contribution >= 0.6 is 12.4 Å². The SMILES string of the molecule is CCCCCCCCCCCCCCCCCCCCCCN(C)CCCCC.Cl. The quantitative estimate of drug-likeness (QED) is 0.126. The summed E-state index contributed by atoms with van der Waals surface area (Å²) in [6.45, 7) is 7.20. The van der Waals surface area contributed by atoms with Crippen LogP contribution in [-0.2, 0) is 0 Å². The summed E-state index contributed by atoms with van der Waals surface area (Å²) in [5.74, 6) is 0. The molecule has 0 aromatic rings. The first kappa shape index (κ1) is 32.4. The molecule has 0 heterocycles. The van der Waals surface area contributed by atoms with Crippen molar-refractivity contribution < 1.29 is 0 Å². The van der Waals surface area contributed by atoms with Gasteiger partial charge in [0, 0.05) is 0 Å². The highest BCUT2D eigenvalue weighted by Gasteiger charge is 1.98. The summed E-state index contributed by atoms with van der Waals surface area (Å²) in [6, 6.07) is 0. The van der Waals surface area contributed by atoms with Crippen molar-refractivity contribution >= 4 is 12.4 Å². The molecule has 0 unspecified atom stereocenters. The normalized spacial score (nSPS) is 11.2. The van der Waals surface area contributed by atoms with Crippen molar-refractivity contribution in [2.75, 3.05) is 20.1 Å². The first-order valence-corrected chi connectivity index (χ1v) is 14.0. The summed E-state index contributed by atoms with van der Waals surface area (Å²) >= 11 is 0. The molecule has 0 fully saturated rings. The molecule has 184 valence electrons. The lowest BCUT2D eigenvalue weighted by Gasteiger charge is -2.15. The van der Waals surface area contributed by atoms with E-state index in [2.05, 4.69) is 25.8 Å². The first-order chi connectivity index (χ1) is 14.3. The van der Waals surface area contributed by atoms with E-state index in [1.807, 2.05) is 0 Å². The van der Waals surface area contributed by atoms with Gasteiger partial charge in [0.2, 0.25) is 0 Å². The molecule has 0 saturated carbocycles. The van der Waals surface area contributed by atoms with Gasteiger partial charge in [0.05, 0.1) is 0 Å². The molecular formula is C28H60ClN. The summed E-state index contributed by atoms with van der Waals surface area (Å²) in [6.07, 6.45) is 33.5. The smallest absolute Gasteiger partial charge is 0.00218 e. The molecule has 0 bridgehead atoms. The zero-order valence-corrected chi connectivity index (χ0v) is 22.3. The van der Waals surface area contributed by atoms with E-state index in [1.165, 1.54) is 161 Å². The van der Waals surface area contributed by atoms with E-state index < -0.39 is 0 Å². The highest BCUT2D eigenvalue weighted by Crippen LogP contribution is 2.14. The predicted octanol–water partition coefficient (Wildman–Crippen LogP) is 10.4. The van der Waals surface area contributed by atoms with Crippen LogP contribution in [0.1, 0.15) is 162 Å². The number of nitrogens with zero attached hydrogens (tertiary/aromatic N) is 1. The van der Waals surface area contributed by atoms with Gasteiger partial charge in [0.1, 0.15) is 0 Å². The van der Waals surface area contributed by atoms with Gasteiger partial charge in [-0.15, -0.1) is 12.4 Å². The molecule has 0 aromatic carbocycles. The second kappa shape index (κ2) is 29.2. The van der Waals surface area contributed by atoms with Gasteiger partial charge in [-0.1, -0.05) is 149 Å². The molecule has 0 radical (unpaired) electrons. The number of rotatable bonds is 25. The lowest BCUT2D eigenvalue weighted by atomic mass is 10.0. The molecule has 0 aliphatic heterocycles. The molecule has 0 aliphatic rings. The third-order valence-corrected chi connectivity index (χ3v) is 6.54. The summed E-state index contributed by atoms with van der Waals surface area (Å²) in [5, 5.41) is 0. The van der Waals surface area contributed by atoms with Gasteiger partial charge in [-0.25, -0.2) is 0 Å².